The molecule has 1 aromatic heterocycles. The Morgan fingerprint density at radius 2 is 1.87 bits per heavy atom. The van der Waals surface area contributed by atoms with Crippen LogP contribution in [0.1, 0.15) is 22.3 Å². The van der Waals surface area contributed by atoms with E-state index in [0.717, 1.165) is 0 Å². The van der Waals surface area contributed by atoms with Crippen molar-refractivity contribution >= 4 is 34.4 Å². The highest BCUT2D eigenvalue weighted by atomic mass is 35.5. The fraction of sp³-hybridized carbons (Fsp3) is 0.227. The van der Waals surface area contributed by atoms with E-state index in [0.29, 0.717) is 27.1 Å². The molecule has 8 heteroatoms. The number of phenols is 1. The molecule has 30 heavy (non-hydrogen) atoms. The summed E-state index contributed by atoms with van der Waals surface area (Å²) in [6, 6.07) is 8.38. The van der Waals surface area contributed by atoms with Crippen molar-refractivity contribution in [3.8, 4) is 5.75 Å². The van der Waals surface area contributed by atoms with E-state index in [1.165, 1.54) is 6.07 Å². The van der Waals surface area contributed by atoms with Crippen LogP contribution >= 0.6 is 11.6 Å². The van der Waals surface area contributed by atoms with Crippen LogP contribution in [0.4, 0.5) is 0 Å². The summed E-state index contributed by atoms with van der Waals surface area (Å²) in [6.07, 6.45) is -0.404. The molecule has 0 aliphatic heterocycles. The fourth-order valence-electron chi connectivity index (χ4n) is 3.32. The average Bonchev–Trinajstić information content (AvgIpc) is 2.65. The van der Waals surface area contributed by atoms with Crippen molar-refractivity contribution in [3.63, 3.8) is 0 Å². The first kappa shape index (κ1) is 21.4. The Bertz CT molecular complexity index is 1180. The molecule has 0 spiro atoms. The fourth-order valence-corrected chi connectivity index (χ4v) is 3.44. The van der Waals surface area contributed by atoms with E-state index in [2.05, 4.69) is 5.32 Å². The van der Waals surface area contributed by atoms with Gasteiger partial charge in [0.05, 0.1) is 29.4 Å². The number of carboxylic acid groups (broad SMARTS) is 1. The summed E-state index contributed by atoms with van der Waals surface area (Å²) >= 11 is 5.82. The lowest BCUT2D eigenvalue weighted by molar-refractivity contribution is -0.308. The number of carbonyl (C=O) groups excluding carboxylic acids is 2. The van der Waals surface area contributed by atoms with Crippen LogP contribution < -0.4 is 16.0 Å². The van der Waals surface area contributed by atoms with Gasteiger partial charge in [-0.15, -0.1) is 0 Å². The number of hydrogen-bond donors (Lipinski definition) is 2. The van der Waals surface area contributed by atoms with E-state index >= 15 is 0 Å². The van der Waals surface area contributed by atoms with Gasteiger partial charge in [0.25, 0.3) is 0 Å². The van der Waals surface area contributed by atoms with Crippen molar-refractivity contribution < 1.29 is 24.2 Å². The summed E-state index contributed by atoms with van der Waals surface area (Å²) in [5.41, 5.74) is 1.30. The molecule has 3 aromatic rings. The van der Waals surface area contributed by atoms with Crippen molar-refractivity contribution in [2.45, 2.75) is 32.7 Å². The number of phenolic OH excluding ortho intramolecular Hbond substituents is 1. The van der Waals surface area contributed by atoms with E-state index in [-0.39, 0.29) is 23.3 Å². The minimum atomic E-state index is -1.45. The average molecular weight is 429 g/mol. The third-order valence-corrected chi connectivity index (χ3v) is 5.06. The van der Waals surface area contributed by atoms with E-state index in [1.807, 2.05) is 0 Å². The predicted molar refractivity (Wildman–Crippen MR) is 109 cm³/mol. The Kier molecular flexibility index (Phi) is 6.12. The van der Waals surface area contributed by atoms with Gasteiger partial charge < -0.3 is 24.7 Å². The lowest BCUT2D eigenvalue weighted by Crippen LogP contribution is -2.49. The molecule has 0 radical (unpaired) electrons. The summed E-state index contributed by atoms with van der Waals surface area (Å²) < 4.78 is 5.26. The van der Waals surface area contributed by atoms with Gasteiger partial charge in [0.2, 0.25) is 5.91 Å². The van der Waals surface area contributed by atoms with Gasteiger partial charge >= 0.3 is 5.63 Å². The molecule has 3 rings (SSSR count). The lowest BCUT2D eigenvalue weighted by Gasteiger charge is -2.20. The van der Waals surface area contributed by atoms with Gasteiger partial charge in [-0.05, 0) is 61.2 Å². The summed E-state index contributed by atoms with van der Waals surface area (Å²) in [6.45, 7) is 3.34. The number of aromatic hydroxyl groups is 1. The van der Waals surface area contributed by atoms with Crippen molar-refractivity contribution in [2.75, 3.05) is 0 Å². The highest BCUT2D eigenvalue weighted by molar-refractivity contribution is 6.30. The smallest absolute Gasteiger partial charge is 0.340 e. The largest absolute Gasteiger partial charge is 0.548 e. The van der Waals surface area contributed by atoms with Gasteiger partial charge in [0.15, 0.2) is 0 Å². The lowest BCUT2D eigenvalue weighted by atomic mass is 10.0. The van der Waals surface area contributed by atoms with Crippen molar-refractivity contribution in [1.82, 2.24) is 5.32 Å². The number of rotatable bonds is 6. The third-order valence-electron chi connectivity index (χ3n) is 4.81. The summed E-state index contributed by atoms with van der Waals surface area (Å²) in [5, 5.41) is 24.9. The molecule has 1 amide bonds. The molecule has 2 N–H and O–H groups in total. The maximum Gasteiger partial charge on any atom is 0.340 e. The van der Waals surface area contributed by atoms with Gasteiger partial charge in [0, 0.05) is 5.02 Å². The Morgan fingerprint density at radius 1 is 1.20 bits per heavy atom. The Hall–Kier alpha value is -3.32. The van der Waals surface area contributed by atoms with E-state index in [4.69, 9.17) is 16.0 Å². The van der Waals surface area contributed by atoms with Crippen LogP contribution in [-0.2, 0) is 22.4 Å². The van der Waals surface area contributed by atoms with Gasteiger partial charge in [-0.1, -0.05) is 23.7 Å². The zero-order valence-electron chi connectivity index (χ0n) is 16.3. The standard InChI is InChI=1S/C22H20ClNO6/c1-11-7-17(25)20-12(2)15(22(29)30-18(20)8-11)10-19(26)24-16(21(27)28)9-13-3-5-14(23)6-4-13/h3-8,16,25H,9-10H2,1-2H3,(H,24,26)(H,27,28)/p-1/t16-/m1/s1. The van der Waals surface area contributed by atoms with Crippen LogP contribution in [0.15, 0.2) is 45.6 Å². The highest BCUT2D eigenvalue weighted by Gasteiger charge is 2.20. The third kappa shape index (κ3) is 4.63. The number of halogens is 1. The maximum atomic E-state index is 12.5. The number of carboxylic acids is 1. The zero-order valence-corrected chi connectivity index (χ0v) is 17.1. The van der Waals surface area contributed by atoms with Crippen LogP contribution in [0.3, 0.4) is 0 Å². The Balaban J connectivity index is 1.83. The molecular formula is C22H19ClNO6-. The topological polar surface area (TPSA) is 120 Å². The molecule has 0 fully saturated rings. The Labute approximate surface area is 176 Å². The SMILES string of the molecule is Cc1cc(O)c2c(C)c(CC(=O)N[C@H](Cc3ccc(Cl)cc3)C(=O)[O-])c(=O)oc2c1. The number of aliphatic carboxylic acids is 1. The summed E-state index contributed by atoms with van der Waals surface area (Å²) in [5.74, 6) is -2.20. The second-order valence-corrected chi connectivity index (χ2v) is 7.53. The molecule has 0 saturated heterocycles. The van der Waals surface area contributed by atoms with Crippen molar-refractivity contribution in [1.29, 1.82) is 0 Å². The minimum absolute atomic E-state index is 0.00336. The molecule has 0 bridgehead atoms. The minimum Gasteiger partial charge on any atom is -0.548 e. The van der Waals surface area contributed by atoms with E-state index < -0.39 is 30.0 Å². The van der Waals surface area contributed by atoms with Gasteiger partial charge in [-0.3, -0.25) is 4.79 Å². The van der Waals surface area contributed by atoms with Crippen LogP contribution in [0.5, 0.6) is 5.75 Å². The summed E-state index contributed by atoms with van der Waals surface area (Å²) in [4.78, 5) is 36.3. The quantitative estimate of drug-likeness (QED) is 0.577. The number of nitrogens with one attached hydrogen (secondary N) is 1. The molecule has 1 heterocycles. The Morgan fingerprint density at radius 3 is 2.50 bits per heavy atom. The highest BCUT2D eigenvalue weighted by Crippen LogP contribution is 2.29. The number of aryl methyl sites for hydroxylation is 2. The molecule has 0 unspecified atom stereocenters. The molecular weight excluding hydrogens is 410 g/mol. The molecule has 0 aliphatic rings. The molecule has 7 nitrogen and oxygen atoms in total. The van der Waals surface area contributed by atoms with E-state index in [9.17, 15) is 24.6 Å². The number of fused-ring (bicyclic) bond motifs is 1. The second-order valence-electron chi connectivity index (χ2n) is 7.10. The number of carbonyl (C=O) groups is 2. The van der Waals surface area contributed by atoms with Crippen LogP contribution in [0.2, 0.25) is 5.02 Å². The molecule has 0 saturated carbocycles. The number of amides is 1. The van der Waals surface area contributed by atoms with Crippen LogP contribution in [0, 0.1) is 13.8 Å². The summed E-state index contributed by atoms with van der Waals surface area (Å²) in [7, 11) is 0. The number of hydrogen-bond acceptors (Lipinski definition) is 6. The monoisotopic (exact) mass is 428 g/mol. The number of benzene rings is 2. The van der Waals surface area contributed by atoms with Gasteiger partial charge in [0.1, 0.15) is 11.3 Å². The first-order chi connectivity index (χ1) is 14.2. The molecule has 2 aromatic carbocycles. The molecule has 0 aliphatic carbocycles. The van der Waals surface area contributed by atoms with E-state index in [1.54, 1.807) is 44.2 Å². The van der Waals surface area contributed by atoms with Crippen molar-refractivity contribution in [3.05, 3.63) is 74.1 Å². The van der Waals surface area contributed by atoms with Gasteiger partial charge in [-0.2, -0.15) is 0 Å². The zero-order chi connectivity index (χ0) is 22.0. The van der Waals surface area contributed by atoms with Crippen LogP contribution in [-0.4, -0.2) is 23.0 Å². The van der Waals surface area contributed by atoms with Crippen molar-refractivity contribution in [2.24, 2.45) is 0 Å². The predicted octanol–water partition coefficient (Wildman–Crippen LogP) is 1.79. The first-order valence-electron chi connectivity index (χ1n) is 9.16. The normalized spacial score (nSPS) is 12.0. The van der Waals surface area contributed by atoms with Gasteiger partial charge in [-0.25, -0.2) is 4.79 Å². The second kappa shape index (κ2) is 8.59. The maximum absolute atomic E-state index is 12.5. The molecule has 1 atom stereocenters. The molecule has 156 valence electrons. The first-order valence-corrected chi connectivity index (χ1v) is 9.54. The van der Waals surface area contributed by atoms with Crippen LogP contribution in [0.25, 0.3) is 11.0 Å².